The van der Waals surface area contributed by atoms with E-state index in [-0.39, 0.29) is 18.1 Å². The average molecular weight is 228 g/mol. The van der Waals surface area contributed by atoms with Gasteiger partial charge in [-0.25, -0.2) is 4.79 Å². The Morgan fingerprint density at radius 1 is 1.56 bits per heavy atom. The Kier molecular flexibility index (Phi) is 4.10. The van der Waals surface area contributed by atoms with Gasteiger partial charge in [0.15, 0.2) is 6.73 Å². The molecule has 0 aromatic carbocycles. The highest BCUT2D eigenvalue weighted by molar-refractivity contribution is 5.75. The lowest BCUT2D eigenvalue weighted by atomic mass is 10.1. The number of carbonyl (C=O) groups is 1. The van der Waals surface area contributed by atoms with Gasteiger partial charge in [-0.3, -0.25) is 4.48 Å². The van der Waals surface area contributed by atoms with Crippen molar-refractivity contribution in [1.82, 2.24) is 0 Å². The molecule has 16 heavy (non-hydrogen) atoms. The smallest absolute Gasteiger partial charge is 0.367 e. The predicted molar refractivity (Wildman–Crippen MR) is 61.7 cm³/mol. The van der Waals surface area contributed by atoms with Crippen molar-refractivity contribution in [2.24, 2.45) is 0 Å². The number of quaternary nitrogens is 1. The van der Waals surface area contributed by atoms with E-state index in [1.165, 1.54) is 12.7 Å². The van der Waals surface area contributed by atoms with Crippen LogP contribution in [0.5, 0.6) is 0 Å². The first-order chi connectivity index (χ1) is 7.40. The van der Waals surface area contributed by atoms with Gasteiger partial charge in [-0.15, -0.1) is 0 Å². The van der Waals surface area contributed by atoms with Crippen molar-refractivity contribution in [2.45, 2.75) is 32.9 Å². The van der Waals surface area contributed by atoms with Gasteiger partial charge in [0.2, 0.25) is 6.04 Å². The Hall–Kier alpha value is -0.870. The van der Waals surface area contributed by atoms with E-state index in [4.69, 9.17) is 9.47 Å². The summed E-state index contributed by atoms with van der Waals surface area (Å²) in [7, 11) is 3.46. The second kappa shape index (κ2) is 4.97. The predicted octanol–water partition coefficient (Wildman–Crippen LogP) is 1.32. The number of likely N-dealkylation sites (N-methyl/N-ethyl adjacent to an activating group) is 1. The molecule has 0 aromatic heterocycles. The molecule has 0 bridgehead atoms. The molecule has 0 unspecified atom stereocenters. The van der Waals surface area contributed by atoms with Crippen molar-refractivity contribution < 1.29 is 18.8 Å². The van der Waals surface area contributed by atoms with E-state index < -0.39 is 0 Å². The number of rotatable bonds is 3. The molecule has 0 saturated carbocycles. The van der Waals surface area contributed by atoms with Crippen molar-refractivity contribution >= 4 is 5.97 Å². The van der Waals surface area contributed by atoms with Crippen molar-refractivity contribution in [3.8, 4) is 0 Å². The molecule has 0 aromatic rings. The highest BCUT2D eigenvalue weighted by Crippen LogP contribution is 2.25. The first-order valence-corrected chi connectivity index (χ1v) is 5.58. The quantitative estimate of drug-likeness (QED) is 0.415. The normalized spacial score (nSPS) is 33.6. The van der Waals surface area contributed by atoms with E-state index in [2.05, 4.69) is 19.9 Å². The lowest BCUT2D eigenvalue weighted by Crippen LogP contribution is -2.54. The van der Waals surface area contributed by atoms with E-state index >= 15 is 0 Å². The zero-order valence-electron chi connectivity index (χ0n) is 10.8. The van der Waals surface area contributed by atoms with Crippen molar-refractivity contribution in [3.05, 3.63) is 11.6 Å². The molecule has 1 fully saturated rings. The minimum absolute atomic E-state index is 0.0805. The summed E-state index contributed by atoms with van der Waals surface area (Å²) in [6, 6.07) is -0.222. The molecule has 1 aliphatic rings. The lowest BCUT2D eigenvalue weighted by Gasteiger charge is -2.32. The van der Waals surface area contributed by atoms with Gasteiger partial charge in [-0.1, -0.05) is 5.57 Å². The number of esters is 1. The summed E-state index contributed by atoms with van der Waals surface area (Å²) in [6.45, 7) is 7.39. The van der Waals surface area contributed by atoms with Crippen LogP contribution in [0, 0.1) is 0 Å². The van der Waals surface area contributed by atoms with Crippen LogP contribution in [0.1, 0.15) is 20.8 Å². The summed E-state index contributed by atoms with van der Waals surface area (Å²) < 4.78 is 11.0. The van der Waals surface area contributed by atoms with Gasteiger partial charge in [-0.05, 0) is 26.8 Å². The standard InChI is InChI=1S/C12H22NO3/c1-9(2)6-7-13(4)8-16-10(3)11(13)12(14)15-5/h6,10-11H,7-8H2,1-5H3/q+1/t10-,11+,13-/m1/s1. The molecule has 0 spiro atoms. The third kappa shape index (κ3) is 2.62. The SMILES string of the molecule is COC(=O)[C@@H]1[C@@H](C)OC[N@@+]1(C)CC=C(C)C. The lowest BCUT2D eigenvalue weighted by molar-refractivity contribution is -0.916. The van der Waals surface area contributed by atoms with E-state index in [1.807, 2.05) is 14.0 Å². The summed E-state index contributed by atoms with van der Waals surface area (Å²) in [4.78, 5) is 11.7. The minimum Gasteiger partial charge on any atom is -0.465 e. The largest absolute Gasteiger partial charge is 0.465 e. The summed E-state index contributed by atoms with van der Waals surface area (Å²) in [5.41, 5.74) is 1.25. The third-order valence-corrected chi connectivity index (χ3v) is 3.11. The van der Waals surface area contributed by atoms with Gasteiger partial charge in [0, 0.05) is 0 Å². The number of nitrogens with zero attached hydrogens (tertiary/aromatic N) is 1. The highest BCUT2D eigenvalue weighted by atomic mass is 16.5. The summed E-state index contributed by atoms with van der Waals surface area (Å²) in [5, 5.41) is 0. The molecule has 92 valence electrons. The summed E-state index contributed by atoms with van der Waals surface area (Å²) >= 11 is 0. The fraction of sp³-hybridized carbons (Fsp3) is 0.750. The van der Waals surface area contributed by atoms with Crippen LogP contribution in [0.2, 0.25) is 0 Å². The molecule has 4 nitrogen and oxygen atoms in total. The Bertz CT molecular complexity index is 297. The van der Waals surface area contributed by atoms with Gasteiger partial charge in [0.05, 0.1) is 20.7 Å². The van der Waals surface area contributed by atoms with Crippen LogP contribution in [0.25, 0.3) is 0 Å². The Labute approximate surface area is 97.4 Å². The van der Waals surface area contributed by atoms with Gasteiger partial charge in [0.25, 0.3) is 0 Å². The molecule has 0 aliphatic carbocycles. The van der Waals surface area contributed by atoms with E-state index in [0.717, 1.165) is 6.54 Å². The van der Waals surface area contributed by atoms with E-state index in [1.54, 1.807) is 0 Å². The molecular formula is C12H22NO3+. The zero-order valence-corrected chi connectivity index (χ0v) is 10.8. The fourth-order valence-electron chi connectivity index (χ4n) is 2.09. The number of ether oxygens (including phenoxy) is 2. The Balaban J connectivity index is 2.84. The maximum absolute atomic E-state index is 11.7. The van der Waals surface area contributed by atoms with Gasteiger partial charge < -0.3 is 9.47 Å². The zero-order chi connectivity index (χ0) is 12.3. The second-order valence-electron chi connectivity index (χ2n) is 4.91. The van der Waals surface area contributed by atoms with Crippen molar-refractivity contribution in [3.63, 3.8) is 0 Å². The number of hydrogen-bond donors (Lipinski definition) is 0. The van der Waals surface area contributed by atoms with Gasteiger partial charge in [0.1, 0.15) is 6.10 Å². The molecule has 1 rings (SSSR count). The van der Waals surface area contributed by atoms with Crippen LogP contribution in [0.4, 0.5) is 0 Å². The molecule has 3 atom stereocenters. The number of methoxy groups -OCH3 is 1. The van der Waals surface area contributed by atoms with Crippen LogP contribution < -0.4 is 0 Å². The maximum Gasteiger partial charge on any atom is 0.367 e. The second-order valence-corrected chi connectivity index (χ2v) is 4.91. The maximum atomic E-state index is 11.7. The molecule has 1 aliphatic heterocycles. The molecule has 0 amide bonds. The Morgan fingerprint density at radius 2 is 2.19 bits per heavy atom. The van der Waals surface area contributed by atoms with Crippen LogP contribution in [0.15, 0.2) is 11.6 Å². The number of allylic oxidation sites excluding steroid dienone is 1. The summed E-state index contributed by atoms with van der Waals surface area (Å²) in [5.74, 6) is -0.186. The van der Waals surface area contributed by atoms with E-state index in [0.29, 0.717) is 11.2 Å². The third-order valence-electron chi connectivity index (χ3n) is 3.11. The molecule has 0 radical (unpaired) electrons. The van der Waals surface area contributed by atoms with Gasteiger partial charge in [-0.2, -0.15) is 0 Å². The monoisotopic (exact) mass is 228 g/mol. The fourth-order valence-corrected chi connectivity index (χ4v) is 2.09. The molecule has 4 heteroatoms. The first-order valence-electron chi connectivity index (χ1n) is 5.58. The summed E-state index contributed by atoms with van der Waals surface area (Å²) in [6.07, 6.45) is 2.06. The van der Waals surface area contributed by atoms with Gasteiger partial charge >= 0.3 is 5.97 Å². The molecule has 0 N–H and O–H groups in total. The average Bonchev–Trinajstić information content (AvgIpc) is 2.52. The topological polar surface area (TPSA) is 35.5 Å². The number of carbonyl (C=O) groups excluding carboxylic acids is 1. The van der Waals surface area contributed by atoms with E-state index in [9.17, 15) is 4.79 Å². The van der Waals surface area contributed by atoms with Crippen LogP contribution in [-0.2, 0) is 14.3 Å². The molecular weight excluding hydrogens is 206 g/mol. The number of hydrogen-bond acceptors (Lipinski definition) is 3. The minimum atomic E-state index is -0.222. The van der Waals surface area contributed by atoms with Crippen LogP contribution in [0.3, 0.4) is 0 Å². The van der Waals surface area contributed by atoms with Crippen molar-refractivity contribution in [1.29, 1.82) is 0 Å². The Morgan fingerprint density at radius 3 is 2.69 bits per heavy atom. The highest BCUT2D eigenvalue weighted by Gasteiger charge is 2.49. The molecule has 1 heterocycles. The van der Waals surface area contributed by atoms with Crippen LogP contribution >= 0.6 is 0 Å². The first kappa shape index (κ1) is 13.2. The van der Waals surface area contributed by atoms with Crippen LogP contribution in [-0.4, -0.2) is 50.0 Å². The molecule has 1 saturated heterocycles. The van der Waals surface area contributed by atoms with Crippen molar-refractivity contribution in [2.75, 3.05) is 27.4 Å².